The topological polar surface area (TPSA) is 43.1 Å². The molecule has 0 fully saturated rings. The van der Waals surface area contributed by atoms with E-state index in [4.69, 9.17) is 4.79 Å². The first-order chi connectivity index (χ1) is 3.41. The molecule has 0 saturated carbocycles. The molecule has 0 saturated heterocycles. The molecule has 0 spiro atoms. The molecular formula is CH4BF4NO. The van der Waals surface area contributed by atoms with E-state index in [1.54, 1.807) is 0 Å². The lowest BCUT2D eigenvalue weighted by Gasteiger charge is -1.94. The number of halogens is 4. The third kappa shape index (κ3) is 171. The van der Waals surface area contributed by atoms with Crippen LogP contribution in [0.2, 0.25) is 0 Å². The maximum Gasteiger partial charge on any atom is 1.00 e. The molecule has 0 atom stereocenters. The molecule has 0 aliphatic rings. The van der Waals surface area contributed by atoms with Crippen molar-refractivity contribution in [3.05, 3.63) is 0 Å². The number of carbonyl (C=O) groups is 1. The second-order valence-corrected chi connectivity index (χ2v) is 0.631. The third-order valence-electron chi connectivity index (χ3n) is 0. The Hall–Kier alpha value is -0.745. The fourth-order valence-corrected chi connectivity index (χ4v) is 0. The van der Waals surface area contributed by atoms with E-state index in [1.165, 1.54) is 0 Å². The fourth-order valence-electron chi connectivity index (χ4n) is 0. The average Bonchev–Trinajstić information content (AvgIpc) is 1.27. The first-order valence-corrected chi connectivity index (χ1v) is 1.44. The fraction of sp³-hybridized carbons (Fsp3) is 0. The Bertz CT molecular complexity index is 60.1. The van der Waals surface area contributed by atoms with E-state index in [0.29, 0.717) is 0 Å². The zero-order chi connectivity index (χ0) is 7.21. The molecule has 0 aromatic rings. The van der Waals surface area contributed by atoms with Gasteiger partial charge >= 0.3 is 8.68 Å². The number of rotatable bonds is 0. The van der Waals surface area contributed by atoms with Crippen LogP contribution in [0.4, 0.5) is 17.3 Å². The quantitative estimate of drug-likeness (QED) is 0.292. The summed E-state index contributed by atoms with van der Waals surface area (Å²) >= 11 is 0. The molecule has 2 nitrogen and oxygen atoms in total. The lowest BCUT2D eigenvalue weighted by molar-refractivity contribution is -0.106. The van der Waals surface area contributed by atoms with E-state index in [0.717, 1.165) is 0 Å². The monoisotopic (exact) mass is 133 g/mol. The second-order valence-electron chi connectivity index (χ2n) is 0.631. The Labute approximate surface area is 44.2 Å². The van der Waals surface area contributed by atoms with Crippen molar-refractivity contribution in [3.8, 4) is 0 Å². The van der Waals surface area contributed by atoms with Crippen molar-refractivity contribution in [1.82, 2.24) is 0 Å². The molecule has 0 aliphatic carbocycles. The number of carbonyl (C=O) groups excluding carboxylic acids is 1. The zero-order valence-corrected chi connectivity index (χ0v) is 3.65. The van der Waals surface area contributed by atoms with Crippen molar-refractivity contribution in [2.24, 2.45) is 5.73 Å². The van der Waals surface area contributed by atoms with Crippen LogP contribution in [0.3, 0.4) is 0 Å². The van der Waals surface area contributed by atoms with Crippen molar-refractivity contribution >= 4 is 13.7 Å². The predicted octanol–water partition coefficient (Wildman–Crippen LogP) is 0.514. The highest BCUT2D eigenvalue weighted by Gasteiger charge is 2.20. The van der Waals surface area contributed by atoms with Gasteiger partial charge in [0.25, 0.3) is 0 Å². The van der Waals surface area contributed by atoms with Crippen molar-refractivity contribution < 1.29 is 23.5 Å². The van der Waals surface area contributed by atoms with Crippen LogP contribution in [0.1, 0.15) is 1.43 Å². The highest BCUT2D eigenvalue weighted by atomic mass is 19.5. The van der Waals surface area contributed by atoms with Gasteiger partial charge in [-0.3, -0.25) is 4.79 Å². The van der Waals surface area contributed by atoms with Crippen LogP contribution in [0, 0.1) is 0 Å². The molecule has 0 radical (unpaired) electrons. The molecule has 50 valence electrons. The van der Waals surface area contributed by atoms with E-state index in [2.05, 4.69) is 5.73 Å². The summed E-state index contributed by atoms with van der Waals surface area (Å²) in [6.07, 6.45) is 0.250. The van der Waals surface area contributed by atoms with Crippen LogP contribution >= 0.6 is 0 Å². The van der Waals surface area contributed by atoms with E-state index in [9.17, 15) is 17.3 Å². The van der Waals surface area contributed by atoms with Crippen molar-refractivity contribution in [3.63, 3.8) is 0 Å². The van der Waals surface area contributed by atoms with E-state index >= 15 is 0 Å². The molecule has 0 aromatic carbocycles. The normalized spacial score (nSPS) is 9.00. The first-order valence-electron chi connectivity index (χ1n) is 1.44. The zero-order valence-electron chi connectivity index (χ0n) is 4.65. The molecule has 0 rings (SSSR count). The minimum atomic E-state index is -6.00. The van der Waals surface area contributed by atoms with Gasteiger partial charge in [0.05, 0.1) is 0 Å². The number of hydrogen-bond acceptors (Lipinski definition) is 1. The molecule has 0 aliphatic heterocycles. The Morgan fingerprint density at radius 2 is 1.38 bits per heavy atom. The maximum atomic E-state index is 9.75. The SMILES string of the molecule is F[B-](F)(F)F.NC=O.[H+]. The summed E-state index contributed by atoms with van der Waals surface area (Å²) in [5.41, 5.74) is 4.17. The Kier molecular flexibility index (Phi) is 5.67. The predicted molar refractivity (Wildman–Crippen MR) is 21.5 cm³/mol. The largest absolute Gasteiger partial charge is 1.00 e. The van der Waals surface area contributed by atoms with E-state index < -0.39 is 7.25 Å². The minimum absolute atomic E-state index is 0. The molecule has 0 aromatic heterocycles. The third-order valence-corrected chi connectivity index (χ3v) is 0. The highest BCUT2D eigenvalue weighted by Crippen LogP contribution is 2.06. The Morgan fingerprint density at radius 1 is 1.38 bits per heavy atom. The Morgan fingerprint density at radius 3 is 1.38 bits per heavy atom. The van der Waals surface area contributed by atoms with Crippen LogP contribution in [0.5, 0.6) is 0 Å². The van der Waals surface area contributed by atoms with Gasteiger partial charge in [-0.1, -0.05) is 0 Å². The Balaban J connectivity index is -0.0000000800. The van der Waals surface area contributed by atoms with Gasteiger partial charge in [-0.15, -0.1) is 0 Å². The summed E-state index contributed by atoms with van der Waals surface area (Å²) in [6, 6.07) is 0. The standard InChI is InChI=1S/CH3NO.BF4/c2-1-3;2-1(3,4)5/h1H,(H2,2,3);/q;-1/p+1. The summed E-state index contributed by atoms with van der Waals surface area (Å²) in [7, 11) is -6.00. The summed E-state index contributed by atoms with van der Waals surface area (Å²) in [4.78, 5) is 8.58. The van der Waals surface area contributed by atoms with Gasteiger partial charge in [-0.2, -0.15) is 0 Å². The molecule has 8 heavy (non-hydrogen) atoms. The van der Waals surface area contributed by atoms with Gasteiger partial charge in [-0.05, 0) is 0 Å². The summed E-state index contributed by atoms with van der Waals surface area (Å²) < 4.78 is 39.0. The number of amides is 1. The molecule has 0 unspecified atom stereocenters. The molecule has 0 bridgehead atoms. The summed E-state index contributed by atoms with van der Waals surface area (Å²) in [6.45, 7) is 0. The molecule has 7 heteroatoms. The number of primary amides is 1. The summed E-state index contributed by atoms with van der Waals surface area (Å²) in [5, 5.41) is 0. The van der Waals surface area contributed by atoms with Crippen LogP contribution in [-0.2, 0) is 4.79 Å². The molecule has 1 amide bonds. The van der Waals surface area contributed by atoms with Crippen molar-refractivity contribution in [2.75, 3.05) is 0 Å². The number of nitrogens with two attached hydrogens (primary N) is 1. The summed E-state index contributed by atoms with van der Waals surface area (Å²) in [5.74, 6) is 0. The van der Waals surface area contributed by atoms with Crippen molar-refractivity contribution in [1.29, 1.82) is 0 Å². The first kappa shape index (κ1) is 10.3. The number of hydrogen-bond donors (Lipinski definition) is 1. The van der Waals surface area contributed by atoms with Crippen LogP contribution in [0.15, 0.2) is 0 Å². The molecule has 2 N–H and O–H groups in total. The average molecular weight is 133 g/mol. The van der Waals surface area contributed by atoms with E-state index in [1.807, 2.05) is 0 Å². The van der Waals surface area contributed by atoms with Gasteiger partial charge in [0.15, 0.2) is 0 Å². The van der Waals surface area contributed by atoms with E-state index in [-0.39, 0.29) is 7.84 Å². The van der Waals surface area contributed by atoms with Gasteiger partial charge in [-0.25, -0.2) is 0 Å². The van der Waals surface area contributed by atoms with Gasteiger partial charge < -0.3 is 23.0 Å². The van der Waals surface area contributed by atoms with Crippen molar-refractivity contribution in [2.45, 2.75) is 0 Å². The lowest BCUT2D eigenvalue weighted by Crippen LogP contribution is -2.02. The van der Waals surface area contributed by atoms with Crippen LogP contribution in [-0.4, -0.2) is 13.7 Å². The maximum absolute atomic E-state index is 9.75. The van der Waals surface area contributed by atoms with Gasteiger partial charge in [0, 0.05) is 0 Å². The minimum Gasteiger partial charge on any atom is -0.418 e. The van der Waals surface area contributed by atoms with Gasteiger partial charge in [0.2, 0.25) is 6.41 Å². The molecule has 0 heterocycles. The molecular weight excluding hydrogens is 129 g/mol. The smallest absolute Gasteiger partial charge is 0.418 e. The van der Waals surface area contributed by atoms with Crippen LogP contribution < -0.4 is 5.73 Å². The lowest BCUT2D eigenvalue weighted by atomic mass is 10.3. The second kappa shape index (κ2) is 4.41. The van der Waals surface area contributed by atoms with Gasteiger partial charge in [0.1, 0.15) is 0 Å². The van der Waals surface area contributed by atoms with Crippen LogP contribution in [0.25, 0.3) is 0 Å². The highest BCUT2D eigenvalue weighted by molar-refractivity contribution is 6.50.